The third-order valence-corrected chi connectivity index (χ3v) is 3.04. The van der Waals surface area contributed by atoms with E-state index in [-0.39, 0.29) is 24.4 Å². The van der Waals surface area contributed by atoms with E-state index in [1.807, 2.05) is 13.8 Å². The maximum Gasteiger partial charge on any atom is 0.222 e. The number of carbonyl (C=O) groups is 1. The van der Waals surface area contributed by atoms with Gasteiger partial charge in [-0.25, -0.2) is 0 Å². The highest BCUT2D eigenvalue weighted by molar-refractivity contribution is 5.77. The lowest BCUT2D eigenvalue weighted by atomic mass is 9.94. The van der Waals surface area contributed by atoms with Gasteiger partial charge in [-0.3, -0.25) is 10.1 Å². The highest BCUT2D eigenvalue weighted by Crippen LogP contribution is 2.18. The van der Waals surface area contributed by atoms with Crippen molar-refractivity contribution in [2.45, 2.75) is 70.5 Å². The molecule has 2 N–H and O–H groups in total. The fourth-order valence-corrected chi connectivity index (χ4v) is 2.26. The summed E-state index contributed by atoms with van der Waals surface area (Å²) in [5, 5.41) is 15.1. The zero-order valence-electron chi connectivity index (χ0n) is 10.8. The van der Waals surface area contributed by atoms with Crippen LogP contribution >= 0.6 is 0 Å². The molecule has 4 nitrogen and oxygen atoms in total. The van der Waals surface area contributed by atoms with Crippen LogP contribution in [0.3, 0.4) is 0 Å². The van der Waals surface area contributed by atoms with E-state index < -0.39 is 0 Å². The number of nitrogens with zero attached hydrogens (tertiary/aromatic N) is 1. The summed E-state index contributed by atoms with van der Waals surface area (Å²) in [5.41, 5.74) is 0. The fourth-order valence-electron chi connectivity index (χ4n) is 2.26. The minimum atomic E-state index is -0.350. The zero-order valence-corrected chi connectivity index (χ0v) is 10.8. The van der Waals surface area contributed by atoms with Gasteiger partial charge in [0, 0.05) is 12.1 Å². The molecule has 0 bridgehead atoms. The zero-order chi connectivity index (χ0) is 12.7. The summed E-state index contributed by atoms with van der Waals surface area (Å²) in [4.78, 5) is 11.6. The Morgan fingerprint density at radius 1 is 1.35 bits per heavy atom. The minimum Gasteiger partial charge on any atom is -0.354 e. The molecule has 96 valence electrons. The lowest BCUT2D eigenvalue weighted by molar-refractivity contribution is -0.121. The molecule has 1 aliphatic carbocycles. The smallest absolute Gasteiger partial charge is 0.222 e. The van der Waals surface area contributed by atoms with Crippen molar-refractivity contribution < 1.29 is 4.79 Å². The second-order valence-electron chi connectivity index (χ2n) is 5.11. The van der Waals surface area contributed by atoms with Crippen LogP contribution in [0.4, 0.5) is 0 Å². The van der Waals surface area contributed by atoms with Gasteiger partial charge in [0.05, 0.1) is 12.5 Å². The van der Waals surface area contributed by atoms with E-state index in [0.717, 1.165) is 12.8 Å². The van der Waals surface area contributed by atoms with Crippen LogP contribution in [0.5, 0.6) is 0 Å². The molecule has 1 unspecified atom stereocenters. The number of rotatable bonds is 5. The Morgan fingerprint density at radius 3 is 2.53 bits per heavy atom. The first-order chi connectivity index (χ1) is 8.11. The third-order valence-electron chi connectivity index (χ3n) is 3.04. The summed E-state index contributed by atoms with van der Waals surface area (Å²) in [6, 6.07) is 2.38. The fraction of sp³-hybridized carbons (Fsp3) is 0.846. The molecule has 17 heavy (non-hydrogen) atoms. The SMILES string of the molecule is CC(C)NC(=O)CC(C#N)NC1CCCCC1. The maximum atomic E-state index is 11.6. The molecule has 0 aromatic rings. The molecular weight excluding hydrogens is 214 g/mol. The molecule has 1 aliphatic rings. The van der Waals surface area contributed by atoms with Crippen molar-refractivity contribution in [1.29, 1.82) is 5.26 Å². The molecule has 1 atom stereocenters. The van der Waals surface area contributed by atoms with Gasteiger partial charge in [0.1, 0.15) is 6.04 Å². The minimum absolute atomic E-state index is 0.0464. The van der Waals surface area contributed by atoms with Gasteiger partial charge in [-0.2, -0.15) is 5.26 Å². The first-order valence-corrected chi connectivity index (χ1v) is 6.57. The highest BCUT2D eigenvalue weighted by atomic mass is 16.1. The van der Waals surface area contributed by atoms with Gasteiger partial charge < -0.3 is 5.32 Å². The summed E-state index contributed by atoms with van der Waals surface area (Å²) in [6.07, 6.45) is 6.27. The molecular formula is C13H23N3O. The molecule has 0 aromatic carbocycles. The second-order valence-corrected chi connectivity index (χ2v) is 5.11. The first-order valence-electron chi connectivity index (χ1n) is 6.57. The Hall–Kier alpha value is -1.08. The van der Waals surface area contributed by atoms with Crippen molar-refractivity contribution in [3.05, 3.63) is 0 Å². The van der Waals surface area contributed by atoms with Crippen molar-refractivity contribution in [3.63, 3.8) is 0 Å². The van der Waals surface area contributed by atoms with Crippen molar-refractivity contribution >= 4 is 5.91 Å². The average molecular weight is 237 g/mol. The number of nitriles is 1. The van der Waals surface area contributed by atoms with Crippen molar-refractivity contribution in [3.8, 4) is 6.07 Å². The molecule has 4 heteroatoms. The molecule has 0 aromatic heterocycles. The van der Waals surface area contributed by atoms with Crippen LogP contribution in [-0.4, -0.2) is 24.0 Å². The molecule has 0 spiro atoms. The van der Waals surface area contributed by atoms with E-state index in [4.69, 9.17) is 5.26 Å². The van der Waals surface area contributed by atoms with Crippen LogP contribution in [0.2, 0.25) is 0 Å². The summed E-state index contributed by atoms with van der Waals surface area (Å²) < 4.78 is 0. The van der Waals surface area contributed by atoms with Gasteiger partial charge in [-0.15, -0.1) is 0 Å². The number of hydrogen-bond acceptors (Lipinski definition) is 3. The Morgan fingerprint density at radius 2 is 2.00 bits per heavy atom. The molecule has 0 aliphatic heterocycles. The van der Waals surface area contributed by atoms with E-state index in [0.29, 0.717) is 6.04 Å². The largest absolute Gasteiger partial charge is 0.354 e. The van der Waals surface area contributed by atoms with Crippen molar-refractivity contribution in [2.75, 3.05) is 0 Å². The first kappa shape index (κ1) is 14.0. The molecule has 1 rings (SSSR count). The molecule has 0 saturated heterocycles. The molecule has 1 fully saturated rings. The van der Waals surface area contributed by atoms with Crippen LogP contribution in [0.25, 0.3) is 0 Å². The van der Waals surface area contributed by atoms with Crippen molar-refractivity contribution in [1.82, 2.24) is 10.6 Å². The van der Waals surface area contributed by atoms with Gasteiger partial charge in [0.15, 0.2) is 0 Å². The van der Waals surface area contributed by atoms with Crippen LogP contribution in [0.15, 0.2) is 0 Å². The lowest BCUT2D eigenvalue weighted by Crippen LogP contribution is -2.42. The van der Waals surface area contributed by atoms with E-state index >= 15 is 0 Å². The van der Waals surface area contributed by atoms with Gasteiger partial charge in [0.25, 0.3) is 0 Å². The quantitative estimate of drug-likeness (QED) is 0.765. The number of hydrogen-bond donors (Lipinski definition) is 2. The van der Waals surface area contributed by atoms with E-state index in [1.54, 1.807) is 0 Å². The Bertz CT molecular complexity index is 277. The van der Waals surface area contributed by atoms with E-state index in [2.05, 4.69) is 16.7 Å². The van der Waals surface area contributed by atoms with Crippen LogP contribution < -0.4 is 10.6 Å². The standard InChI is InChI=1S/C13H23N3O/c1-10(2)15-13(17)8-12(9-14)16-11-6-4-3-5-7-11/h10-12,16H,3-8H2,1-2H3,(H,15,17). The van der Waals surface area contributed by atoms with Crippen LogP contribution in [-0.2, 0) is 4.79 Å². The summed E-state index contributed by atoms with van der Waals surface area (Å²) >= 11 is 0. The lowest BCUT2D eigenvalue weighted by Gasteiger charge is -2.25. The van der Waals surface area contributed by atoms with Crippen LogP contribution in [0, 0.1) is 11.3 Å². The Labute approximate surface area is 104 Å². The number of nitrogens with one attached hydrogen (secondary N) is 2. The maximum absolute atomic E-state index is 11.6. The highest BCUT2D eigenvalue weighted by Gasteiger charge is 2.19. The molecule has 0 heterocycles. The summed E-state index contributed by atoms with van der Waals surface area (Å²) in [7, 11) is 0. The molecule has 0 radical (unpaired) electrons. The van der Waals surface area contributed by atoms with Gasteiger partial charge in [-0.05, 0) is 26.7 Å². The van der Waals surface area contributed by atoms with E-state index in [9.17, 15) is 4.79 Å². The normalized spacial score (nSPS) is 18.7. The van der Waals surface area contributed by atoms with E-state index in [1.165, 1.54) is 19.3 Å². The number of carbonyl (C=O) groups excluding carboxylic acids is 1. The Balaban J connectivity index is 2.32. The molecule has 1 saturated carbocycles. The van der Waals surface area contributed by atoms with Gasteiger partial charge >= 0.3 is 0 Å². The second kappa shape index (κ2) is 7.29. The van der Waals surface area contributed by atoms with Crippen LogP contribution in [0.1, 0.15) is 52.4 Å². The van der Waals surface area contributed by atoms with Crippen molar-refractivity contribution in [2.24, 2.45) is 0 Å². The predicted molar refractivity (Wildman–Crippen MR) is 67.3 cm³/mol. The average Bonchev–Trinajstić information content (AvgIpc) is 2.28. The molecule has 1 amide bonds. The van der Waals surface area contributed by atoms with Gasteiger partial charge in [-0.1, -0.05) is 19.3 Å². The summed E-state index contributed by atoms with van der Waals surface area (Å²) in [5.74, 6) is -0.0464. The number of amides is 1. The van der Waals surface area contributed by atoms with Gasteiger partial charge in [0.2, 0.25) is 5.91 Å². The topological polar surface area (TPSA) is 64.9 Å². The Kier molecular flexibility index (Phi) is 5.99. The summed E-state index contributed by atoms with van der Waals surface area (Å²) in [6.45, 7) is 3.85. The third kappa shape index (κ3) is 5.69. The predicted octanol–water partition coefficient (Wildman–Crippen LogP) is 1.72. The monoisotopic (exact) mass is 237 g/mol.